The lowest BCUT2D eigenvalue weighted by atomic mass is 10.0. The summed E-state index contributed by atoms with van der Waals surface area (Å²) >= 11 is 3.46. The number of hydrogen-bond donors (Lipinski definition) is 1. The molecule has 1 saturated carbocycles. The number of aliphatic carboxylic acids is 1. The highest BCUT2D eigenvalue weighted by Crippen LogP contribution is 2.31. The molecule has 0 aliphatic heterocycles. The Morgan fingerprint density at radius 1 is 1.42 bits per heavy atom. The zero-order valence-electron chi connectivity index (χ0n) is 11.2. The van der Waals surface area contributed by atoms with Crippen LogP contribution >= 0.6 is 15.9 Å². The Balaban J connectivity index is 2.15. The van der Waals surface area contributed by atoms with E-state index in [9.17, 15) is 9.90 Å². The predicted octanol–water partition coefficient (Wildman–Crippen LogP) is 3.70. The number of halogens is 1. The molecule has 1 unspecified atom stereocenters. The molecule has 1 aromatic carbocycles. The van der Waals surface area contributed by atoms with Gasteiger partial charge in [-0.2, -0.15) is 0 Å². The number of nitrogens with zero attached hydrogens (tertiary/aromatic N) is 1. The van der Waals surface area contributed by atoms with Gasteiger partial charge in [0.15, 0.2) is 0 Å². The van der Waals surface area contributed by atoms with Crippen molar-refractivity contribution in [2.75, 3.05) is 13.6 Å². The van der Waals surface area contributed by atoms with Gasteiger partial charge in [0.25, 0.3) is 0 Å². The molecule has 0 aromatic heterocycles. The van der Waals surface area contributed by atoms with Crippen LogP contribution in [0.3, 0.4) is 0 Å². The molecule has 4 heteroatoms. The van der Waals surface area contributed by atoms with Crippen LogP contribution in [-0.2, 0) is 4.79 Å². The van der Waals surface area contributed by atoms with E-state index in [1.54, 1.807) is 0 Å². The fraction of sp³-hybridized carbons (Fsp3) is 0.533. The van der Waals surface area contributed by atoms with E-state index >= 15 is 0 Å². The summed E-state index contributed by atoms with van der Waals surface area (Å²) in [5.74, 6) is -0.137. The second-order valence-corrected chi connectivity index (χ2v) is 6.21. The molecule has 0 spiro atoms. The van der Waals surface area contributed by atoms with Crippen molar-refractivity contribution in [1.82, 2.24) is 4.90 Å². The molecule has 0 bridgehead atoms. The summed E-state index contributed by atoms with van der Waals surface area (Å²) in [7, 11) is 1.91. The number of carboxylic acids is 1. The molecule has 1 atom stereocenters. The molecule has 1 N–H and O–H groups in total. The van der Waals surface area contributed by atoms with Gasteiger partial charge < -0.3 is 5.11 Å². The van der Waals surface area contributed by atoms with Crippen molar-refractivity contribution >= 4 is 21.9 Å². The normalized spacial score (nSPS) is 17.8. The zero-order chi connectivity index (χ0) is 13.8. The van der Waals surface area contributed by atoms with Crippen LogP contribution in [0.2, 0.25) is 0 Å². The van der Waals surface area contributed by atoms with Crippen molar-refractivity contribution in [3.05, 3.63) is 34.3 Å². The SMILES string of the molecule is CN(CC1CCCC1)C(C(=O)O)c1ccccc1Br. The number of rotatable bonds is 5. The minimum absolute atomic E-state index is 0.573. The van der Waals surface area contributed by atoms with Crippen LogP contribution in [0.15, 0.2) is 28.7 Å². The van der Waals surface area contributed by atoms with Gasteiger partial charge in [-0.1, -0.05) is 47.0 Å². The van der Waals surface area contributed by atoms with Gasteiger partial charge in [0.2, 0.25) is 0 Å². The Morgan fingerprint density at radius 2 is 2.05 bits per heavy atom. The third kappa shape index (κ3) is 3.57. The highest BCUT2D eigenvalue weighted by atomic mass is 79.9. The summed E-state index contributed by atoms with van der Waals surface area (Å²) in [5.41, 5.74) is 0.829. The minimum Gasteiger partial charge on any atom is -0.480 e. The molecule has 1 aromatic rings. The maximum Gasteiger partial charge on any atom is 0.325 e. The van der Waals surface area contributed by atoms with Gasteiger partial charge >= 0.3 is 5.97 Å². The van der Waals surface area contributed by atoms with Crippen LogP contribution in [0, 0.1) is 5.92 Å². The largest absolute Gasteiger partial charge is 0.480 e. The van der Waals surface area contributed by atoms with Crippen LogP contribution < -0.4 is 0 Å². The molecule has 0 amide bonds. The van der Waals surface area contributed by atoms with Crippen molar-refractivity contribution < 1.29 is 9.90 Å². The zero-order valence-corrected chi connectivity index (χ0v) is 12.8. The minimum atomic E-state index is -0.785. The fourth-order valence-electron chi connectivity index (χ4n) is 2.96. The average Bonchev–Trinajstić information content (AvgIpc) is 2.84. The molecular formula is C15H20BrNO2. The van der Waals surface area contributed by atoms with E-state index in [1.165, 1.54) is 25.7 Å². The Labute approximate surface area is 122 Å². The summed E-state index contributed by atoms with van der Waals surface area (Å²) in [5, 5.41) is 9.53. The summed E-state index contributed by atoms with van der Waals surface area (Å²) in [6.07, 6.45) is 5.02. The van der Waals surface area contributed by atoms with Gasteiger partial charge in [-0.15, -0.1) is 0 Å². The first kappa shape index (κ1) is 14.5. The van der Waals surface area contributed by atoms with E-state index in [4.69, 9.17) is 0 Å². The van der Waals surface area contributed by atoms with Gasteiger partial charge in [0.05, 0.1) is 0 Å². The standard InChI is InChI=1S/C15H20BrNO2/c1-17(10-11-6-2-3-7-11)14(15(18)19)12-8-4-5-9-13(12)16/h4-5,8-9,11,14H,2-3,6-7,10H2,1H3,(H,18,19). The predicted molar refractivity (Wildman–Crippen MR) is 79.1 cm³/mol. The third-order valence-corrected chi connectivity index (χ3v) is 4.62. The quantitative estimate of drug-likeness (QED) is 0.897. The highest BCUT2D eigenvalue weighted by Gasteiger charge is 2.28. The van der Waals surface area contributed by atoms with Crippen LogP contribution in [0.1, 0.15) is 37.3 Å². The molecule has 0 heterocycles. The molecular weight excluding hydrogens is 306 g/mol. The molecule has 104 valence electrons. The summed E-state index contributed by atoms with van der Waals surface area (Å²) in [4.78, 5) is 13.6. The van der Waals surface area contributed by atoms with Crippen molar-refractivity contribution in [2.24, 2.45) is 5.92 Å². The Hall–Kier alpha value is -0.870. The molecule has 1 fully saturated rings. The first-order valence-electron chi connectivity index (χ1n) is 6.77. The highest BCUT2D eigenvalue weighted by molar-refractivity contribution is 9.10. The first-order valence-corrected chi connectivity index (χ1v) is 7.56. The molecule has 3 nitrogen and oxygen atoms in total. The smallest absolute Gasteiger partial charge is 0.325 e. The Morgan fingerprint density at radius 3 is 2.63 bits per heavy atom. The summed E-state index contributed by atoms with van der Waals surface area (Å²) in [6.45, 7) is 0.859. The molecule has 0 radical (unpaired) electrons. The van der Waals surface area contributed by atoms with Gasteiger partial charge in [0.1, 0.15) is 6.04 Å². The Bertz CT molecular complexity index is 444. The molecule has 1 aliphatic carbocycles. The first-order chi connectivity index (χ1) is 9.09. The molecule has 1 aliphatic rings. The van der Waals surface area contributed by atoms with Crippen LogP contribution in [0.4, 0.5) is 0 Å². The maximum absolute atomic E-state index is 11.6. The lowest BCUT2D eigenvalue weighted by Crippen LogP contribution is -2.34. The second-order valence-electron chi connectivity index (χ2n) is 5.35. The lowest BCUT2D eigenvalue weighted by molar-refractivity contribution is -0.143. The fourth-order valence-corrected chi connectivity index (χ4v) is 3.46. The lowest BCUT2D eigenvalue weighted by Gasteiger charge is -2.28. The second kappa shape index (κ2) is 6.53. The van der Waals surface area contributed by atoms with E-state index in [2.05, 4.69) is 15.9 Å². The van der Waals surface area contributed by atoms with Crippen LogP contribution in [0.5, 0.6) is 0 Å². The number of carbonyl (C=O) groups is 1. The van der Waals surface area contributed by atoms with Crippen molar-refractivity contribution in [2.45, 2.75) is 31.7 Å². The van der Waals surface area contributed by atoms with E-state index < -0.39 is 12.0 Å². The van der Waals surface area contributed by atoms with E-state index in [1.807, 2.05) is 36.2 Å². The Kier molecular flexibility index (Phi) is 4.99. The van der Waals surface area contributed by atoms with Crippen LogP contribution in [0.25, 0.3) is 0 Å². The van der Waals surface area contributed by atoms with Gasteiger partial charge in [-0.05, 0) is 37.4 Å². The number of benzene rings is 1. The monoisotopic (exact) mass is 325 g/mol. The average molecular weight is 326 g/mol. The van der Waals surface area contributed by atoms with Gasteiger partial charge in [-0.25, -0.2) is 0 Å². The van der Waals surface area contributed by atoms with Crippen LogP contribution in [-0.4, -0.2) is 29.6 Å². The molecule has 2 rings (SSSR count). The summed E-state index contributed by atoms with van der Waals surface area (Å²) in [6, 6.07) is 7.00. The number of likely N-dealkylation sites (N-methyl/N-ethyl adjacent to an activating group) is 1. The van der Waals surface area contributed by atoms with E-state index in [0.29, 0.717) is 5.92 Å². The number of hydrogen-bond acceptors (Lipinski definition) is 2. The third-order valence-electron chi connectivity index (χ3n) is 3.90. The van der Waals surface area contributed by atoms with Crippen molar-refractivity contribution in [3.63, 3.8) is 0 Å². The molecule has 0 saturated heterocycles. The van der Waals surface area contributed by atoms with Gasteiger partial charge in [0, 0.05) is 11.0 Å². The topological polar surface area (TPSA) is 40.5 Å². The van der Waals surface area contributed by atoms with Crippen molar-refractivity contribution in [3.8, 4) is 0 Å². The summed E-state index contributed by atoms with van der Waals surface area (Å²) < 4.78 is 0.862. The van der Waals surface area contributed by atoms with E-state index in [-0.39, 0.29) is 0 Å². The van der Waals surface area contributed by atoms with Crippen molar-refractivity contribution in [1.29, 1.82) is 0 Å². The molecule has 19 heavy (non-hydrogen) atoms. The van der Waals surface area contributed by atoms with Gasteiger partial charge in [-0.3, -0.25) is 9.69 Å². The number of carboxylic acid groups (broad SMARTS) is 1. The van der Waals surface area contributed by atoms with E-state index in [0.717, 1.165) is 16.6 Å². The maximum atomic E-state index is 11.6.